The molecule has 41 heavy (non-hydrogen) atoms. The molecule has 224 valence electrons. The van der Waals surface area contributed by atoms with E-state index in [1.165, 1.54) is 11.8 Å². The number of likely N-dealkylation sites (tertiary alicyclic amines) is 1. The molecule has 2 N–H and O–H groups in total. The first-order chi connectivity index (χ1) is 19.0. The van der Waals surface area contributed by atoms with Crippen molar-refractivity contribution in [1.82, 2.24) is 20.5 Å². The monoisotopic (exact) mass is 586 g/mol. The van der Waals surface area contributed by atoms with Crippen LogP contribution in [0.4, 0.5) is 4.79 Å². The van der Waals surface area contributed by atoms with Crippen LogP contribution in [0, 0.1) is 12.3 Å². The van der Waals surface area contributed by atoms with Crippen molar-refractivity contribution in [2.24, 2.45) is 5.41 Å². The molecule has 1 aliphatic rings. The molecule has 2 aromatic rings. The number of carbonyl (C=O) groups is 4. The molecule has 1 aromatic carbocycles. The van der Waals surface area contributed by atoms with Crippen LogP contribution in [-0.4, -0.2) is 64.1 Å². The number of aromatic nitrogens is 1. The number of aryl methyl sites for hydroxylation is 1. The van der Waals surface area contributed by atoms with E-state index in [1.807, 2.05) is 64.4 Å². The second-order valence-electron chi connectivity index (χ2n) is 12.5. The van der Waals surface area contributed by atoms with Gasteiger partial charge in [0.05, 0.1) is 28.7 Å². The molecule has 0 radical (unpaired) electrons. The number of alkyl carbamates (subject to hydrolysis) is 1. The van der Waals surface area contributed by atoms with E-state index in [1.54, 1.807) is 32.1 Å². The summed E-state index contributed by atoms with van der Waals surface area (Å²) in [6, 6.07) is 5.69. The van der Waals surface area contributed by atoms with Crippen molar-refractivity contribution in [2.75, 3.05) is 6.54 Å². The summed E-state index contributed by atoms with van der Waals surface area (Å²) in [4.78, 5) is 58.6. The molecule has 0 bridgehead atoms. The molecular weight excluding hydrogens is 544 g/mol. The molecule has 3 amide bonds. The Morgan fingerprint density at radius 1 is 1.05 bits per heavy atom. The van der Waals surface area contributed by atoms with Gasteiger partial charge in [0.25, 0.3) is 0 Å². The van der Waals surface area contributed by atoms with E-state index in [4.69, 9.17) is 9.47 Å². The van der Waals surface area contributed by atoms with Crippen molar-refractivity contribution in [1.29, 1.82) is 0 Å². The Morgan fingerprint density at radius 3 is 2.20 bits per heavy atom. The minimum Gasteiger partial charge on any atom is -0.461 e. The van der Waals surface area contributed by atoms with Crippen molar-refractivity contribution in [2.45, 2.75) is 98.6 Å². The molecule has 0 spiro atoms. The lowest BCUT2D eigenvalue weighted by Crippen LogP contribution is -2.58. The number of nitrogens with one attached hydrogen (secondary N) is 2. The Kier molecular flexibility index (Phi) is 9.84. The number of thiazole rings is 1. The van der Waals surface area contributed by atoms with Crippen LogP contribution in [0.2, 0.25) is 0 Å². The summed E-state index contributed by atoms with van der Waals surface area (Å²) in [5, 5.41) is 5.71. The molecule has 1 aliphatic heterocycles. The molecule has 1 aromatic heterocycles. The molecule has 0 aliphatic carbocycles. The van der Waals surface area contributed by atoms with Crippen LogP contribution in [0.1, 0.15) is 79.1 Å². The fourth-order valence-corrected chi connectivity index (χ4v) is 5.56. The Morgan fingerprint density at radius 2 is 1.68 bits per heavy atom. The van der Waals surface area contributed by atoms with Crippen molar-refractivity contribution in [3.05, 3.63) is 41.0 Å². The van der Waals surface area contributed by atoms with Gasteiger partial charge in [-0.1, -0.05) is 45.0 Å². The van der Waals surface area contributed by atoms with E-state index >= 15 is 0 Å². The number of benzene rings is 1. The Labute approximate surface area is 246 Å². The normalized spacial score (nSPS) is 18.8. The zero-order chi connectivity index (χ0) is 30.7. The third kappa shape index (κ3) is 8.51. The fourth-order valence-electron chi connectivity index (χ4n) is 4.74. The van der Waals surface area contributed by atoms with Gasteiger partial charge in [-0.05, 0) is 51.2 Å². The first kappa shape index (κ1) is 32.0. The highest BCUT2D eigenvalue weighted by molar-refractivity contribution is 7.13. The third-order valence-electron chi connectivity index (χ3n) is 6.73. The van der Waals surface area contributed by atoms with E-state index < -0.39 is 47.2 Å². The number of esters is 1. The smallest absolute Gasteiger partial charge is 0.408 e. The summed E-state index contributed by atoms with van der Waals surface area (Å²) in [7, 11) is 0. The van der Waals surface area contributed by atoms with E-state index in [-0.39, 0.29) is 24.9 Å². The number of ether oxygens (including phenoxy) is 2. The number of carbonyl (C=O) groups excluding carboxylic acids is 4. The first-order valence-corrected chi connectivity index (χ1v) is 14.6. The number of hydrogen-bond acceptors (Lipinski definition) is 8. The average molecular weight is 587 g/mol. The first-order valence-electron chi connectivity index (χ1n) is 13.7. The number of nitrogens with zero attached hydrogens (tertiary/aromatic N) is 2. The maximum atomic E-state index is 13.9. The summed E-state index contributed by atoms with van der Waals surface area (Å²) < 4.78 is 10.8. The number of amides is 3. The zero-order valence-electron chi connectivity index (χ0n) is 25.4. The fraction of sp³-hybridized carbons (Fsp3) is 0.567. The van der Waals surface area contributed by atoms with Crippen LogP contribution in [0.3, 0.4) is 0 Å². The predicted molar refractivity (Wildman–Crippen MR) is 157 cm³/mol. The highest BCUT2D eigenvalue weighted by atomic mass is 32.1. The minimum absolute atomic E-state index is 0.0381. The van der Waals surface area contributed by atoms with E-state index in [0.29, 0.717) is 0 Å². The molecule has 10 nitrogen and oxygen atoms in total. The van der Waals surface area contributed by atoms with Crippen LogP contribution >= 0.6 is 11.3 Å². The Bertz CT molecular complexity index is 1260. The van der Waals surface area contributed by atoms with Gasteiger partial charge in [0.2, 0.25) is 11.8 Å². The van der Waals surface area contributed by atoms with Crippen molar-refractivity contribution in [3.63, 3.8) is 0 Å². The molecule has 11 heteroatoms. The topological polar surface area (TPSA) is 127 Å². The lowest BCUT2D eigenvalue weighted by Gasteiger charge is -2.35. The molecule has 4 atom stereocenters. The SMILES string of the molecule is CC(=O)OC1CC(C(=O)N[C@@H](C)c2ccc(-c3scnc3C)cc2)N(C(=O)C(NC(=O)OC(C)(C)C)C(C)(C)C)C1. The van der Waals surface area contributed by atoms with Crippen molar-refractivity contribution < 1.29 is 28.7 Å². The van der Waals surface area contributed by atoms with Crippen LogP contribution < -0.4 is 10.6 Å². The second-order valence-corrected chi connectivity index (χ2v) is 13.4. The molecular formula is C30H42N4O6S. The van der Waals surface area contributed by atoms with Crippen LogP contribution in [0.25, 0.3) is 10.4 Å². The maximum absolute atomic E-state index is 13.9. The van der Waals surface area contributed by atoms with Gasteiger partial charge in [0.1, 0.15) is 23.8 Å². The van der Waals surface area contributed by atoms with Crippen LogP contribution in [0.15, 0.2) is 29.8 Å². The van der Waals surface area contributed by atoms with Gasteiger partial charge in [0, 0.05) is 13.3 Å². The highest BCUT2D eigenvalue weighted by Crippen LogP contribution is 2.30. The zero-order valence-corrected chi connectivity index (χ0v) is 26.2. The largest absolute Gasteiger partial charge is 0.461 e. The average Bonchev–Trinajstić information content (AvgIpc) is 3.46. The summed E-state index contributed by atoms with van der Waals surface area (Å²) >= 11 is 1.57. The number of hydrogen-bond donors (Lipinski definition) is 2. The quantitative estimate of drug-likeness (QED) is 0.448. The van der Waals surface area contributed by atoms with Gasteiger partial charge >= 0.3 is 12.1 Å². The summed E-state index contributed by atoms with van der Waals surface area (Å²) in [6.07, 6.45) is -1.23. The van der Waals surface area contributed by atoms with E-state index in [2.05, 4.69) is 15.6 Å². The van der Waals surface area contributed by atoms with Crippen molar-refractivity contribution in [3.8, 4) is 10.4 Å². The van der Waals surface area contributed by atoms with E-state index in [0.717, 1.165) is 21.7 Å². The molecule has 1 saturated heterocycles. The summed E-state index contributed by atoms with van der Waals surface area (Å²) in [5.41, 5.74) is 3.28. The van der Waals surface area contributed by atoms with Gasteiger partial charge in [-0.3, -0.25) is 14.4 Å². The maximum Gasteiger partial charge on any atom is 0.408 e. The third-order valence-corrected chi connectivity index (χ3v) is 7.71. The number of rotatable bonds is 7. The standard InChI is InChI=1S/C30H42N4O6S/c1-17(20-10-12-21(13-11-20)24-18(2)31-16-41-24)32-26(36)23-14-22(39-19(3)35)15-34(23)27(37)25(29(4,5)6)33-28(38)40-30(7,8)9/h10-13,16-17,22-23,25H,14-15H2,1-9H3,(H,32,36)(H,33,38)/t17-,22?,23?,25?/m0/s1. The predicted octanol–water partition coefficient (Wildman–Crippen LogP) is 4.77. The summed E-state index contributed by atoms with van der Waals surface area (Å²) in [5.74, 6) is -1.31. The molecule has 0 saturated carbocycles. The van der Waals surface area contributed by atoms with Crippen LogP contribution in [0.5, 0.6) is 0 Å². The van der Waals surface area contributed by atoms with E-state index in [9.17, 15) is 19.2 Å². The molecule has 1 fully saturated rings. The van der Waals surface area contributed by atoms with Crippen LogP contribution in [-0.2, 0) is 23.9 Å². The van der Waals surface area contributed by atoms with Gasteiger partial charge in [-0.25, -0.2) is 9.78 Å². The second kappa shape index (κ2) is 12.6. The van der Waals surface area contributed by atoms with Gasteiger partial charge < -0.3 is 25.0 Å². The molecule has 3 rings (SSSR count). The van der Waals surface area contributed by atoms with Gasteiger partial charge in [-0.15, -0.1) is 11.3 Å². The van der Waals surface area contributed by atoms with Crippen molar-refractivity contribution >= 4 is 35.2 Å². The summed E-state index contributed by atoms with van der Waals surface area (Å²) in [6.45, 7) is 15.8. The molecule has 3 unspecified atom stereocenters. The van der Waals surface area contributed by atoms with Gasteiger partial charge in [-0.2, -0.15) is 0 Å². The highest BCUT2D eigenvalue weighted by Gasteiger charge is 2.46. The van der Waals surface area contributed by atoms with Gasteiger partial charge in [0.15, 0.2) is 0 Å². The lowest BCUT2D eigenvalue weighted by molar-refractivity contribution is -0.147. The lowest BCUT2D eigenvalue weighted by atomic mass is 9.85. The minimum atomic E-state index is -0.983. The Balaban J connectivity index is 1.80. The Hall–Kier alpha value is -3.47. The molecule has 2 heterocycles.